The number of hydrogen-bond acceptors (Lipinski definition) is 0. The second kappa shape index (κ2) is 5.78. The number of halogens is 5. The molecule has 0 atom stereocenters. The molecule has 0 aliphatic carbocycles. The van der Waals surface area contributed by atoms with Crippen molar-refractivity contribution >= 4 is 0 Å². The van der Waals surface area contributed by atoms with E-state index in [9.17, 15) is 22.0 Å². The third-order valence-corrected chi connectivity index (χ3v) is 0.189. The first kappa shape index (κ1) is 11.4. The fourth-order valence-electron chi connectivity index (χ4n) is 0. The van der Waals surface area contributed by atoms with Crippen molar-refractivity contribution in [1.29, 1.82) is 0 Å². The summed E-state index contributed by atoms with van der Waals surface area (Å²) in [5, 5.41) is 0. The van der Waals surface area contributed by atoms with Gasteiger partial charge >= 0.3 is 6.43 Å². The highest BCUT2D eigenvalue weighted by molar-refractivity contribution is 4.11. The summed E-state index contributed by atoms with van der Waals surface area (Å²) in [6.45, 7) is 1.62. The first-order valence-electron chi connectivity index (χ1n) is 2.23. The van der Waals surface area contributed by atoms with Crippen LogP contribution in [0.4, 0.5) is 22.0 Å². The molecule has 0 bridgehead atoms. The third kappa shape index (κ3) is 578. The highest BCUT2D eigenvalue weighted by atomic mass is 19.5. The summed E-state index contributed by atoms with van der Waals surface area (Å²) in [5.41, 5.74) is 0. The van der Waals surface area contributed by atoms with Crippen LogP contribution in [0.5, 0.6) is 0 Å². The quantitative estimate of drug-likeness (QED) is 0.504. The van der Waals surface area contributed by atoms with E-state index in [1.165, 1.54) is 0 Å². The van der Waals surface area contributed by atoms with Crippen LogP contribution in [0.1, 0.15) is 13.3 Å². The van der Waals surface area contributed by atoms with Gasteiger partial charge in [0.25, 0.3) is 0 Å². The molecular weight excluding hydrogens is 143 g/mol. The van der Waals surface area contributed by atoms with Crippen LogP contribution in [0.25, 0.3) is 0 Å². The Morgan fingerprint density at radius 3 is 1.22 bits per heavy atom. The van der Waals surface area contributed by atoms with Crippen molar-refractivity contribution in [2.24, 2.45) is 0 Å². The van der Waals surface area contributed by atoms with E-state index < -0.39 is 6.43 Å². The molecule has 0 spiro atoms. The monoisotopic (exact) mass is 150 g/mol. The molecule has 0 radical (unpaired) electrons. The molecule has 9 heavy (non-hydrogen) atoms. The molecule has 5 heteroatoms. The summed E-state index contributed by atoms with van der Waals surface area (Å²) in [6, 6.07) is 0. The van der Waals surface area contributed by atoms with Gasteiger partial charge in [-0.1, -0.05) is 6.92 Å². The highest BCUT2D eigenvalue weighted by Gasteiger charge is 2.24. The summed E-state index contributed by atoms with van der Waals surface area (Å²) in [5.74, 6) is 0. The molecule has 0 aromatic heterocycles. The molecule has 0 saturated heterocycles. The summed E-state index contributed by atoms with van der Waals surface area (Å²) < 4.78 is 49.5. The molecule has 0 saturated carbocycles. The zero-order valence-electron chi connectivity index (χ0n) is 4.80. The van der Waals surface area contributed by atoms with E-state index in [0.717, 1.165) is 0 Å². The van der Waals surface area contributed by atoms with Crippen molar-refractivity contribution in [2.75, 3.05) is 6.67 Å². The van der Waals surface area contributed by atoms with Gasteiger partial charge in [0, 0.05) is 0 Å². The van der Waals surface area contributed by atoms with Crippen molar-refractivity contribution < 1.29 is 22.0 Å². The Morgan fingerprint density at radius 1 is 1.11 bits per heavy atom. The van der Waals surface area contributed by atoms with Gasteiger partial charge in [-0.2, -0.15) is 0 Å². The Bertz CT molecular complexity index is 39.4. The molecule has 0 aliphatic heterocycles. The van der Waals surface area contributed by atoms with Gasteiger partial charge in [0.05, 0.1) is 6.67 Å². The molecule has 0 fully saturated rings. The summed E-state index contributed by atoms with van der Waals surface area (Å²) in [6.07, 6.45) is -4.85. The average Bonchev–Trinajstić information content (AvgIpc) is 1.61. The maximum Gasteiger partial charge on any atom is 0.559 e. The van der Waals surface area contributed by atoms with E-state index in [1.807, 2.05) is 0 Å². The first-order valence-corrected chi connectivity index (χ1v) is 2.23. The van der Waals surface area contributed by atoms with Crippen LogP contribution in [0.15, 0.2) is 0 Å². The second-order valence-electron chi connectivity index (χ2n) is 1.12. The standard InChI is InChI=1S/C3H7F.CF4/c1-2-3-4;2-1(3,4)5/h2-3H2,1H3;. The van der Waals surface area contributed by atoms with Gasteiger partial charge in [-0.25, -0.2) is 0 Å². The molecule has 0 rings (SSSR count). The van der Waals surface area contributed by atoms with Crippen molar-refractivity contribution in [3.63, 3.8) is 0 Å². The van der Waals surface area contributed by atoms with Crippen LogP contribution in [0.2, 0.25) is 0 Å². The summed E-state index contributed by atoms with van der Waals surface area (Å²) in [7, 11) is 0. The Morgan fingerprint density at radius 2 is 1.22 bits per heavy atom. The van der Waals surface area contributed by atoms with E-state index >= 15 is 0 Å². The molecule has 58 valence electrons. The first-order chi connectivity index (χ1) is 3.91. The Kier molecular flexibility index (Phi) is 7.35. The predicted octanol–water partition coefficient (Wildman–Crippen LogP) is 2.84. The Hall–Kier alpha value is -0.350. The SMILES string of the molecule is CCCF.FC(F)(F)F. The lowest BCUT2D eigenvalue weighted by atomic mass is 10.6. The van der Waals surface area contributed by atoms with E-state index in [0.29, 0.717) is 6.42 Å². The van der Waals surface area contributed by atoms with Gasteiger partial charge in [0.1, 0.15) is 0 Å². The van der Waals surface area contributed by atoms with Crippen LogP contribution in [0, 0.1) is 0 Å². The molecule has 0 unspecified atom stereocenters. The lowest BCUT2D eigenvalue weighted by Crippen LogP contribution is -1.92. The molecule has 0 aromatic rings. The van der Waals surface area contributed by atoms with Crippen LogP contribution < -0.4 is 0 Å². The fraction of sp³-hybridized carbons (Fsp3) is 1.00. The van der Waals surface area contributed by atoms with Gasteiger partial charge < -0.3 is 0 Å². The van der Waals surface area contributed by atoms with Gasteiger partial charge in [0.15, 0.2) is 0 Å². The number of rotatable bonds is 1. The summed E-state index contributed by atoms with van der Waals surface area (Å²) >= 11 is 0. The smallest absolute Gasteiger partial charge is 0.251 e. The number of alkyl halides is 5. The maximum atomic E-state index is 10.7. The van der Waals surface area contributed by atoms with Crippen LogP contribution in [-0.4, -0.2) is 13.1 Å². The normalized spacial score (nSPS) is 10.0. The van der Waals surface area contributed by atoms with Crippen LogP contribution >= 0.6 is 0 Å². The minimum atomic E-state index is -5.50. The van der Waals surface area contributed by atoms with Crippen molar-refractivity contribution in [2.45, 2.75) is 19.8 Å². The number of hydrogen-bond donors (Lipinski definition) is 0. The van der Waals surface area contributed by atoms with E-state index in [-0.39, 0.29) is 6.67 Å². The lowest BCUT2D eigenvalue weighted by Gasteiger charge is -1.82. The van der Waals surface area contributed by atoms with Crippen molar-refractivity contribution in [3.8, 4) is 0 Å². The van der Waals surface area contributed by atoms with Crippen molar-refractivity contribution in [3.05, 3.63) is 0 Å². The van der Waals surface area contributed by atoms with Gasteiger partial charge in [0.2, 0.25) is 0 Å². The minimum Gasteiger partial charge on any atom is -0.251 e. The van der Waals surface area contributed by atoms with E-state index in [2.05, 4.69) is 0 Å². The molecule has 0 aliphatic rings. The zero-order chi connectivity index (χ0) is 7.91. The topological polar surface area (TPSA) is 0 Å². The summed E-state index contributed by atoms with van der Waals surface area (Å²) in [4.78, 5) is 0. The highest BCUT2D eigenvalue weighted by Crippen LogP contribution is 2.13. The Balaban J connectivity index is 0. The molecule has 0 nitrogen and oxygen atoms in total. The third-order valence-electron chi connectivity index (χ3n) is 0.189. The fourth-order valence-corrected chi connectivity index (χ4v) is 0. The van der Waals surface area contributed by atoms with E-state index in [1.54, 1.807) is 6.92 Å². The minimum absolute atomic E-state index is 0.181. The largest absolute Gasteiger partial charge is 0.559 e. The molecule has 0 heterocycles. The molecular formula is C4H7F5. The molecule has 0 N–H and O–H groups in total. The van der Waals surface area contributed by atoms with Gasteiger partial charge in [-0.15, -0.1) is 17.6 Å². The second-order valence-corrected chi connectivity index (χ2v) is 1.12. The molecule has 0 amide bonds. The Labute approximate surface area is 49.7 Å². The van der Waals surface area contributed by atoms with Gasteiger partial charge in [-0.05, 0) is 6.42 Å². The maximum absolute atomic E-state index is 10.7. The molecule has 0 aromatic carbocycles. The van der Waals surface area contributed by atoms with Crippen LogP contribution in [-0.2, 0) is 0 Å². The zero-order valence-corrected chi connectivity index (χ0v) is 4.80. The predicted molar refractivity (Wildman–Crippen MR) is 23.4 cm³/mol. The lowest BCUT2D eigenvalue weighted by molar-refractivity contribution is -0.237. The van der Waals surface area contributed by atoms with E-state index in [4.69, 9.17) is 0 Å². The van der Waals surface area contributed by atoms with Gasteiger partial charge in [-0.3, -0.25) is 4.39 Å². The average molecular weight is 150 g/mol. The van der Waals surface area contributed by atoms with Crippen molar-refractivity contribution in [1.82, 2.24) is 0 Å². The van der Waals surface area contributed by atoms with Crippen LogP contribution in [0.3, 0.4) is 0 Å².